The number of amides is 2. The van der Waals surface area contributed by atoms with Crippen LogP contribution < -0.4 is 10.6 Å². The molecule has 0 radical (unpaired) electrons. The van der Waals surface area contributed by atoms with Crippen molar-refractivity contribution in [2.75, 3.05) is 5.32 Å². The number of hydrogen-bond donors (Lipinski definition) is 2. The number of aromatic nitrogens is 2. The molecule has 6 nitrogen and oxygen atoms in total. The second-order valence-electron chi connectivity index (χ2n) is 7.21. The molecule has 4 aromatic rings. The van der Waals surface area contributed by atoms with Gasteiger partial charge in [-0.05, 0) is 66.2 Å². The van der Waals surface area contributed by atoms with Crippen LogP contribution in [-0.4, -0.2) is 21.8 Å². The highest BCUT2D eigenvalue weighted by Gasteiger charge is 2.10. The maximum Gasteiger partial charge on any atom is 0.255 e. The van der Waals surface area contributed by atoms with Gasteiger partial charge in [-0.15, -0.1) is 11.8 Å². The molecular formula is C26H22N4O2S. The molecule has 0 aliphatic heterocycles. The van der Waals surface area contributed by atoms with E-state index in [-0.39, 0.29) is 11.8 Å². The smallest absolute Gasteiger partial charge is 0.255 e. The molecule has 0 fully saturated rings. The fourth-order valence-corrected chi connectivity index (χ4v) is 3.90. The molecule has 0 aliphatic rings. The van der Waals surface area contributed by atoms with Gasteiger partial charge in [-0.3, -0.25) is 19.6 Å². The summed E-state index contributed by atoms with van der Waals surface area (Å²) < 4.78 is 0. The van der Waals surface area contributed by atoms with Crippen molar-refractivity contribution >= 4 is 29.3 Å². The van der Waals surface area contributed by atoms with E-state index in [2.05, 4.69) is 20.6 Å². The zero-order chi connectivity index (χ0) is 22.9. The lowest BCUT2D eigenvalue weighted by molar-refractivity contribution is 0.0949. The Morgan fingerprint density at radius 1 is 0.818 bits per heavy atom. The normalized spacial score (nSPS) is 10.4. The van der Waals surface area contributed by atoms with Crippen LogP contribution in [0.2, 0.25) is 0 Å². The third-order valence-corrected chi connectivity index (χ3v) is 5.87. The molecule has 0 saturated carbocycles. The lowest BCUT2D eigenvalue weighted by atomic mass is 10.1. The summed E-state index contributed by atoms with van der Waals surface area (Å²) in [6.07, 6.45) is 5.29. The first-order valence-corrected chi connectivity index (χ1v) is 11.4. The summed E-state index contributed by atoms with van der Waals surface area (Å²) in [5.74, 6) is 0.353. The maximum atomic E-state index is 12.7. The van der Waals surface area contributed by atoms with Crippen molar-refractivity contribution in [2.24, 2.45) is 0 Å². The molecule has 0 bridgehead atoms. The van der Waals surface area contributed by atoms with E-state index in [9.17, 15) is 9.59 Å². The second-order valence-corrected chi connectivity index (χ2v) is 8.26. The van der Waals surface area contributed by atoms with Crippen molar-refractivity contribution in [1.29, 1.82) is 0 Å². The second kappa shape index (κ2) is 11.1. The summed E-state index contributed by atoms with van der Waals surface area (Å²) in [6.45, 7) is 0.335. The average Bonchev–Trinajstić information content (AvgIpc) is 2.87. The average molecular weight is 455 g/mol. The molecule has 7 heteroatoms. The van der Waals surface area contributed by atoms with Crippen LogP contribution in [0.15, 0.2) is 102 Å². The fraction of sp³-hybridized carbons (Fsp3) is 0.0769. The third-order valence-electron chi connectivity index (χ3n) is 4.78. The van der Waals surface area contributed by atoms with Crippen LogP contribution in [0.5, 0.6) is 0 Å². The molecule has 0 spiro atoms. The Kier molecular flexibility index (Phi) is 7.45. The first-order valence-electron chi connectivity index (χ1n) is 10.4. The van der Waals surface area contributed by atoms with Crippen molar-refractivity contribution in [1.82, 2.24) is 15.3 Å². The lowest BCUT2D eigenvalue weighted by Gasteiger charge is -2.09. The van der Waals surface area contributed by atoms with Crippen LogP contribution >= 0.6 is 11.8 Å². The van der Waals surface area contributed by atoms with Gasteiger partial charge in [-0.1, -0.05) is 18.2 Å². The third kappa shape index (κ3) is 6.51. The van der Waals surface area contributed by atoms with Crippen LogP contribution in [0.3, 0.4) is 0 Å². The minimum Gasteiger partial charge on any atom is -0.346 e. The van der Waals surface area contributed by atoms with Gasteiger partial charge in [0.1, 0.15) is 0 Å². The number of carbonyl (C=O) groups excluding carboxylic acids is 2. The molecule has 0 saturated heterocycles. The van der Waals surface area contributed by atoms with Gasteiger partial charge >= 0.3 is 0 Å². The van der Waals surface area contributed by atoms with Crippen LogP contribution in [0.4, 0.5) is 5.69 Å². The zero-order valence-electron chi connectivity index (χ0n) is 17.8. The molecule has 2 aromatic carbocycles. The highest BCUT2D eigenvalue weighted by atomic mass is 32.2. The van der Waals surface area contributed by atoms with Gasteiger partial charge < -0.3 is 10.6 Å². The number of hydrogen-bond acceptors (Lipinski definition) is 5. The largest absolute Gasteiger partial charge is 0.346 e. The van der Waals surface area contributed by atoms with Crippen LogP contribution in [0.1, 0.15) is 32.0 Å². The first kappa shape index (κ1) is 22.2. The van der Waals surface area contributed by atoms with Gasteiger partial charge in [0.2, 0.25) is 0 Å². The Morgan fingerprint density at radius 3 is 2.45 bits per heavy atom. The molecule has 4 rings (SSSR count). The highest BCUT2D eigenvalue weighted by Crippen LogP contribution is 2.23. The highest BCUT2D eigenvalue weighted by molar-refractivity contribution is 7.98. The monoisotopic (exact) mass is 454 g/mol. The van der Waals surface area contributed by atoms with Gasteiger partial charge in [0.25, 0.3) is 11.8 Å². The molecule has 0 unspecified atom stereocenters. The van der Waals surface area contributed by atoms with E-state index in [1.807, 2.05) is 48.7 Å². The molecule has 0 atom stereocenters. The summed E-state index contributed by atoms with van der Waals surface area (Å²) in [7, 11) is 0. The first-order chi connectivity index (χ1) is 16.2. The molecular weight excluding hydrogens is 432 g/mol. The number of pyridine rings is 2. The maximum absolute atomic E-state index is 12.7. The number of anilines is 1. The number of benzene rings is 2. The molecule has 2 heterocycles. The standard InChI is InChI=1S/C26H22N4O2S/c31-25(29-17-23-7-1-2-14-28-23)21-6-3-8-22(15-21)30-26(32)20-9-11-24(12-10-20)33-18-19-5-4-13-27-16-19/h1-16H,17-18H2,(H,29,31)(H,30,32). The molecule has 164 valence electrons. The zero-order valence-corrected chi connectivity index (χ0v) is 18.6. The van der Waals surface area contributed by atoms with Crippen molar-refractivity contribution in [3.05, 3.63) is 120 Å². The minimum absolute atomic E-state index is 0.230. The molecule has 0 aliphatic carbocycles. The van der Waals surface area contributed by atoms with E-state index in [0.29, 0.717) is 23.4 Å². The van der Waals surface area contributed by atoms with Crippen molar-refractivity contribution < 1.29 is 9.59 Å². The number of thioether (sulfide) groups is 1. The van der Waals surface area contributed by atoms with Crippen molar-refractivity contribution in [3.63, 3.8) is 0 Å². The van der Waals surface area contributed by atoms with E-state index < -0.39 is 0 Å². The van der Waals surface area contributed by atoms with E-state index in [0.717, 1.165) is 21.9 Å². The minimum atomic E-state index is -0.232. The van der Waals surface area contributed by atoms with E-state index in [1.165, 1.54) is 0 Å². The summed E-state index contributed by atoms with van der Waals surface area (Å²) in [5.41, 5.74) is 3.49. The summed E-state index contributed by atoms with van der Waals surface area (Å²) >= 11 is 1.69. The van der Waals surface area contributed by atoms with Crippen LogP contribution in [0.25, 0.3) is 0 Å². The Labute approximate surface area is 196 Å². The number of carbonyl (C=O) groups is 2. The Balaban J connectivity index is 1.33. The van der Waals surface area contributed by atoms with E-state index in [4.69, 9.17) is 0 Å². The molecule has 2 N–H and O–H groups in total. The number of nitrogens with one attached hydrogen (secondary N) is 2. The van der Waals surface area contributed by atoms with Crippen LogP contribution in [0, 0.1) is 0 Å². The molecule has 2 amide bonds. The fourth-order valence-electron chi connectivity index (χ4n) is 3.07. The molecule has 33 heavy (non-hydrogen) atoms. The van der Waals surface area contributed by atoms with Crippen molar-refractivity contribution in [2.45, 2.75) is 17.2 Å². The van der Waals surface area contributed by atoms with Crippen LogP contribution in [-0.2, 0) is 12.3 Å². The van der Waals surface area contributed by atoms with Gasteiger partial charge in [0, 0.05) is 46.1 Å². The quantitative estimate of drug-likeness (QED) is 0.368. The summed E-state index contributed by atoms with van der Waals surface area (Å²) in [6, 6.07) is 23.8. The lowest BCUT2D eigenvalue weighted by Crippen LogP contribution is -2.23. The van der Waals surface area contributed by atoms with Gasteiger partial charge in [-0.2, -0.15) is 0 Å². The predicted octanol–water partition coefficient (Wildman–Crippen LogP) is 4.95. The SMILES string of the molecule is O=C(NCc1ccccn1)c1cccc(NC(=O)c2ccc(SCc3cccnc3)cc2)c1. The van der Waals surface area contributed by atoms with Crippen molar-refractivity contribution in [3.8, 4) is 0 Å². The Morgan fingerprint density at radius 2 is 1.70 bits per heavy atom. The number of nitrogens with zero attached hydrogens (tertiary/aromatic N) is 2. The summed E-state index contributed by atoms with van der Waals surface area (Å²) in [4.78, 5) is 34.5. The number of rotatable bonds is 8. The summed E-state index contributed by atoms with van der Waals surface area (Å²) in [5, 5.41) is 5.70. The predicted molar refractivity (Wildman–Crippen MR) is 130 cm³/mol. The van der Waals surface area contributed by atoms with E-state index >= 15 is 0 Å². The van der Waals surface area contributed by atoms with E-state index in [1.54, 1.807) is 60.6 Å². The van der Waals surface area contributed by atoms with Gasteiger partial charge in [0.15, 0.2) is 0 Å². The van der Waals surface area contributed by atoms with Gasteiger partial charge in [0.05, 0.1) is 12.2 Å². The molecule has 2 aromatic heterocycles. The topological polar surface area (TPSA) is 84.0 Å². The van der Waals surface area contributed by atoms with Gasteiger partial charge in [-0.25, -0.2) is 0 Å². The Hall–Kier alpha value is -3.97. The Bertz CT molecular complexity index is 1220.